The number of pyridine rings is 1. The molecular formula is C22H23Cl2F2N3O5. The number of hydrogen-bond acceptors (Lipinski definition) is 6. The van der Waals surface area contributed by atoms with Gasteiger partial charge in [0, 0.05) is 5.56 Å². The van der Waals surface area contributed by atoms with Crippen LogP contribution in [0.1, 0.15) is 44.0 Å². The molecule has 0 unspecified atom stereocenters. The zero-order valence-corrected chi connectivity index (χ0v) is 20.1. The van der Waals surface area contributed by atoms with Crippen LogP contribution in [-0.2, 0) is 4.74 Å². The average molecular weight is 518 g/mol. The van der Waals surface area contributed by atoms with E-state index in [9.17, 15) is 18.4 Å². The number of alkyl halides is 2. The maximum atomic E-state index is 12.9. The summed E-state index contributed by atoms with van der Waals surface area (Å²) in [6.07, 6.45) is 2.38. The smallest absolute Gasteiger partial charge is 0.413 e. The van der Waals surface area contributed by atoms with Gasteiger partial charge in [-0.05, 0) is 57.7 Å². The molecule has 0 bridgehead atoms. The Balaban J connectivity index is 1.80. The zero-order chi connectivity index (χ0) is 25.0. The first-order valence-electron chi connectivity index (χ1n) is 10.3. The summed E-state index contributed by atoms with van der Waals surface area (Å²) in [5, 5.41) is 4.82. The Labute approximate surface area is 204 Å². The third kappa shape index (κ3) is 7.33. The van der Waals surface area contributed by atoms with Crippen LogP contribution in [0.15, 0.2) is 24.4 Å². The maximum absolute atomic E-state index is 12.9. The van der Waals surface area contributed by atoms with Gasteiger partial charge in [-0.25, -0.2) is 9.78 Å². The van der Waals surface area contributed by atoms with Crippen LogP contribution >= 0.6 is 23.2 Å². The van der Waals surface area contributed by atoms with Gasteiger partial charge in [-0.15, -0.1) is 0 Å². The molecule has 1 saturated carbocycles. The number of ether oxygens (including phenoxy) is 3. The number of carbonyl (C=O) groups is 2. The van der Waals surface area contributed by atoms with Crippen molar-refractivity contribution in [3.05, 3.63) is 40.0 Å². The highest BCUT2D eigenvalue weighted by Crippen LogP contribution is 2.37. The average Bonchev–Trinajstić information content (AvgIpc) is 3.55. The summed E-state index contributed by atoms with van der Waals surface area (Å²) in [7, 11) is 0. The molecule has 0 saturated heterocycles. The first-order valence-corrected chi connectivity index (χ1v) is 11.1. The van der Waals surface area contributed by atoms with Gasteiger partial charge < -0.3 is 19.5 Å². The fourth-order valence-corrected chi connectivity index (χ4v) is 3.18. The van der Waals surface area contributed by atoms with Gasteiger partial charge in [0.1, 0.15) is 10.6 Å². The summed E-state index contributed by atoms with van der Waals surface area (Å²) in [4.78, 5) is 28.9. The lowest BCUT2D eigenvalue weighted by Gasteiger charge is -2.20. The van der Waals surface area contributed by atoms with E-state index in [-0.39, 0.29) is 38.6 Å². The molecule has 1 fully saturated rings. The molecule has 2 N–H and O–H groups in total. The molecule has 1 heterocycles. The van der Waals surface area contributed by atoms with E-state index in [1.807, 2.05) is 0 Å². The minimum Gasteiger partial charge on any atom is -0.489 e. The second-order valence-corrected chi connectivity index (χ2v) is 9.30. The van der Waals surface area contributed by atoms with Crippen molar-refractivity contribution in [2.24, 2.45) is 5.92 Å². The number of nitrogens with one attached hydrogen (secondary N) is 2. The van der Waals surface area contributed by atoms with Gasteiger partial charge in [0.05, 0.1) is 23.5 Å². The third-order valence-electron chi connectivity index (χ3n) is 4.42. The van der Waals surface area contributed by atoms with Gasteiger partial charge >= 0.3 is 12.7 Å². The summed E-state index contributed by atoms with van der Waals surface area (Å²) in [6, 6.07) is 3.80. The van der Waals surface area contributed by atoms with Crippen LogP contribution in [0.3, 0.4) is 0 Å². The van der Waals surface area contributed by atoms with Crippen molar-refractivity contribution in [2.75, 3.05) is 17.2 Å². The lowest BCUT2D eigenvalue weighted by atomic mass is 10.2. The van der Waals surface area contributed by atoms with Gasteiger partial charge in [-0.1, -0.05) is 23.2 Å². The Morgan fingerprint density at radius 1 is 1.18 bits per heavy atom. The largest absolute Gasteiger partial charge is 0.489 e. The molecule has 2 amide bonds. The summed E-state index contributed by atoms with van der Waals surface area (Å²) >= 11 is 12.5. The van der Waals surface area contributed by atoms with Crippen molar-refractivity contribution in [3.8, 4) is 11.5 Å². The van der Waals surface area contributed by atoms with Crippen LogP contribution in [0.5, 0.6) is 11.5 Å². The van der Waals surface area contributed by atoms with Gasteiger partial charge in [0.15, 0.2) is 17.3 Å². The third-order valence-corrected chi connectivity index (χ3v) is 5.08. The Bertz CT molecular complexity index is 1080. The Kier molecular flexibility index (Phi) is 8.04. The van der Waals surface area contributed by atoms with Gasteiger partial charge in [-0.3, -0.25) is 10.1 Å². The van der Waals surface area contributed by atoms with Crippen LogP contribution in [0.4, 0.5) is 25.1 Å². The number of nitrogens with zero attached hydrogens (tertiary/aromatic N) is 1. The topological polar surface area (TPSA) is 98.8 Å². The van der Waals surface area contributed by atoms with Crippen molar-refractivity contribution in [1.29, 1.82) is 0 Å². The SMILES string of the molecule is CC(C)(C)OC(=O)Nc1ncc(Cl)c(NC(=O)c2ccc(OC(F)F)c(OCC3CC3)c2)c1Cl. The highest BCUT2D eigenvalue weighted by molar-refractivity contribution is 6.41. The van der Waals surface area contributed by atoms with E-state index >= 15 is 0 Å². The Morgan fingerprint density at radius 2 is 1.88 bits per heavy atom. The molecule has 2 aromatic rings. The predicted octanol–water partition coefficient (Wildman–Crippen LogP) is 6.38. The standard InChI is InChI=1S/C22H23Cl2F2N3O5/c1-22(2,3)34-21(31)29-18-16(24)17(13(23)9-27-18)28-19(30)12-6-7-14(33-20(25)26)15(8-12)32-10-11-4-5-11/h6-9,11,20H,4-5,10H2,1-3H3,(H2,27,28,29,30,31). The van der Waals surface area contributed by atoms with Crippen LogP contribution in [0, 0.1) is 5.92 Å². The van der Waals surface area contributed by atoms with Crippen molar-refractivity contribution in [3.63, 3.8) is 0 Å². The number of halogens is 4. The highest BCUT2D eigenvalue weighted by Gasteiger charge is 2.24. The quantitative estimate of drug-likeness (QED) is 0.421. The molecule has 1 aliphatic carbocycles. The van der Waals surface area contributed by atoms with E-state index in [0.717, 1.165) is 12.8 Å². The van der Waals surface area contributed by atoms with Gasteiger partial charge in [0.25, 0.3) is 5.91 Å². The molecule has 1 aliphatic rings. The first-order chi connectivity index (χ1) is 15.9. The molecule has 1 aromatic heterocycles. The van der Waals surface area contributed by atoms with Crippen molar-refractivity contribution in [2.45, 2.75) is 45.8 Å². The van der Waals surface area contributed by atoms with E-state index < -0.39 is 24.2 Å². The molecule has 0 atom stereocenters. The molecule has 34 heavy (non-hydrogen) atoms. The Hall–Kier alpha value is -2.85. The number of rotatable bonds is 8. The number of hydrogen-bond donors (Lipinski definition) is 2. The fourth-order valence-electron chi connectivity index (χ4n) is 2.70. The number of anilines is 2. The molecule has 3 rings (SSSR count). The molecule has 1 aromatic carbocycles. The monoisotopic (exact) mass is 517 g/mol. The number of carbonyl (C=O) groups excluding carboxylic acids is 2. The van der Waals surface area contributed by atoms with Gasteiger partial charge in [-0.2, -0.15) is 8.78 Å². The normalized spacial score (nSPS) is 13.4. The van der Waals surface area contributed by atoms with E-state index in [4.69, 9.17) is 32.7 Å². The van der Waals surface area contributed by atoms with Crippen LogP contribution in [0.25, 0.3) is 0 Å². The predicted molar refractivity (Wildman–Crippen MR) is 123 cm³/mol. The molecule has 8 nitrogen and oxygen atoms in total. The maximum Gasteiger partial charge on any atom is 0.413 e. The van der Waals surface area contributed by atoms with E-state index in [0.29, 0.717) is 12.5 Å². The fraction of sp³-hybridized carbons (Fsp3) is 0.409. The summed E-state index contributed by atoms with van der Waals surface area (Å²) in [5.41, 5.74) is -0.680. The summed E-state index contributed by atoms with van der Waals surface area (Å²) < 4.78 is 40.7. The summed E-state index contributed by atoms with van der Waals surface area (Å²) in [5.74, 6) is -0.555. The molecule has 184 valence electrons. The van der Waals surface area contributed by atoms with E-state index in [1.165, 1.54) is 24.4 Å². The van der Waals surface area contributed by atoms with Crippen molar-refractivity contribution in [1.82, 2.24) is 4.98 Å². The zero-order valence-electron chi connectivity index (χ0n) is 18.6. The minimum absolute atomic E-state index is 0.0101. The lowest BCUT2D eigenvalue weighted by Crippen LogP contribution is -2.27. The second kappa shape index (κ2) is 10.6. The van der Waals surface area contributed by atoms with E-state index in [2.05, 4.69) is 20.4 Å². The van der Waals surface area contributed by atoms with E-state index in [1.54, 1.807) is 20.8 Å². The van der Waals surface area contributed by atoms with Crippen LogP contribution in [0.2, 0.25) is 10.0 Å². The molecule has 12 heteroatoms. The molecule has 0 aliphatic heterocycles. The van der Waals surface area contributed by atoms with Crippen LogP contribution < -0.4 is 20.1 Å². The van der Waals surface area contributed by atoms with Crippen molar-refractivity contribution >= 4 is 46.7 Å². The van der Waals surface area contributed by atoms with Crippen LogP contribution in [-0.4, -0.2) is 35.8 Å². The van der Waals surface area contributed by atoms with Gasteiger partial charge in [0.2, 0.25) is 0 Å². The lowest BCUT2D eigenvalue weighted by molar-refractivity contribution is -0.0515. The number of benzene rings is 1. The summed E-state index contributed by atoms with van der Waals surface area (Å²) in [6.45, 7) is 2.35. The molecule has 0 radical (unpaired) electrons. The first kappa shape index (κ1) is 25.8. The number of amides is 2. The Morgan fingerprint density at radius 3 is 2.50 bits per heavy atom. The molecular weight excluding hydrogens is 495 g/mol. The number of aromatic nitrogens is 1. The minimum atomic E-state index is -3.05. The van der Waals surface area contributed by atoms with Crippen molar-refractivity contribution < 1.29 is 32.6 Å². The highest BCUT2D eigenvalue weighted by atomic mass is 35.5. The molecule has 0 spiro atoms. The second-order valence-electron chi connectivity index (χ2n) is 8.52.